The molecule has 1 atom stereocenters. The van der Waals surface area contributed by atoms with Crippen molar-refractivity contribution >= 4 is 0 Å². The standard InChI is InChI=1S/C14H27NO/c1-12-4-6-13(7-5-12)8-9-15-14-3-2-10-16-11-14/h12-15H,2-11H2,1H3. The van der Waals surface area contributed by atoms with Crippen molar-refractivity contribution in [3.8, 4) is 0 Å². The van der Waals surface area contributed by atoms with Crippen LogP contribution in [0, 0.1) is 11.8 Å². The van der Waals surface area contributed by atoms with Gasteiger partial charge in [-0.1, -0.05) is 32.6 Å². The molecule has 1 saturated heterocycles. The van der Waals surface area contributed by atoms with Crippen molar-refractivity contribution in [3.63, 3.8) is 0 Å². The third-order valence-corrected chi connectivity index (χ3v) is 4.28. The predicted octanol–water partition coefficient (Wildman–Crippen LogP) is 2.97. The van der Waals surface area contributed by atoms with E-state index in [0.29, 0.717) is 6.04 Å². The van der Waals surface area contributed by atoms with Gasteiger partial charge in [0, 0.05) is 12.6 Å². The molecule has 1 saturated carbocycles. The summed E-state index contributed by atoms with van der Waals surface area (Å²) in [6.45, 7) is 5.50. The zero-order valence-corrected chi connectivity index (χ0v) is 10.7. The Kier molecular flexibility index (Phi) is 5.11. The van der Waals surface area contributed by atoms with Crippen molar-refractivity contribution in [1.29, 1.82) is 0 Å². The molecule has 16 heavy (non-hydrogen) atoms. The van der Waals surface area contributed by atoms with Gasteiger partial charge in [-0.25, -0.2) is 0 Å². The summed E-state index contributed by atoms with van der Waals surface area (Å²) in [6.07, 6.45) is 9.76. The van der Waals surface area contributed by atoms with Crippen LogP contribution in [0.4, 0.5) is 0 Å². The smallest absolute Gasteiger partial charge is 0.0619 e. The van der Waals surface area contributed by atoms with E-state index < -0.39 is 0 Å². The lowest BCUT2D eigenvalue weighted by molar-refractivity contribution is 0.0697. The number of hydrogen-bond donors (Lipinski definition) is 1. The van der Waals surface area contributed by atoms with Crippen molar-refractivity contribution in [2.75, 3.05) is 19.8 Å². The lowest BCUT2D eigenvalue weighted by Gasteiger charge is -2.28. The van der Waals surface area contributed by atoms with Crippen LogP contribution in [-0.4, -0.2) is 25.8 Å². The van der Waals surface area contributed by atoms with Crippen LogP contribution in [0.1, 0.15) is 51.9 Å². The van der Waals surface area contributed by atoms with Gasteiger partial charge in [0.25, 0.3) is 0 Å². The summed E-state index contributed by atoms with van der Waals surface area (Å²) in [5, 5.41) is 3.66. The maximum absolute atomic E-state index is 5.48. The van der Waals surface area contributed by atoms with Crippen LogP contribution in [-0.2, 0) is 4.74 Å². The minimum atomic E-state index is 0.635. The molecule has 2 fully saturated rings. The monoisotopic (exact) mass is 225 g/mol. The quantitative estimate of drug-likeness (QED) is 0.794. The first kappa shape index (κ1) is 12.4. The van der Waals surface area contributed by atoms with Gasteiger partial charge < -0.3 is 10.1 Å². The summed E-state index contributed by atoms with van der Waals surface area (Å²) in [5.41, 5.74) is 0. The topological polar surface area (TPSA) is 21.3 Å². The molecule has 0 aromatic heterocycles. The van der Waals surface area contributed by atoms with E-state index in [1.807, 2.05) is 0 Å². The van der Waals surface area contributed by atoms with E-state index in [4.69, 9.17) is 4.74 Å². The third-order valence-electron chi connectivity index (χ3n) is 4.28. The van der Waals surface area contributed by atoms with Gasteiger partial charge in [-0.3, -0.25) is 0 Å². The van der Waals surface area contributed by atoms with Gasteiger partial charge in [0.15, 0.2) is 0 Å². The van der Waals surface area contributed by atoms with Gasteiger partial charge in [0.2, 0.25) is 0 Å². The Morgan fingerprint density at radius 1 is 1.12 bits per heavy atom. The van der Waals surface area contributed by atoms with Crippen molar-refractivity contribution in [2.24, 2.45) is 11.8 Å². The van der Waals surface area contributed by atoms with E-state index in [2.05, 4.69) is 12.2 Å². The Hall–Kier alpha value is -0.0800. The molecule has 2 aliphatic rings. The van der Waals surface area contributed by atoms with Crippen molar-refractivity contribution in [2.45, 2.75) is 57.9 Å². The van der Waals surface area contributed by atoms with Crippen molar-refractivity contribution in [1.82, 2.24) is 5.32 Å². The molecular weight excluding hydrogens is 198 g/mol. The molecule has 0 bridgehead atoms. The molecule has 2 nitrogen and oxygen atoms in total. The maximum Gasteiger partial charge on any atom is 0.0619 e. The molecule has 1 aliphatic carbocycles. The van der Waals surface area contributed by atoms with E-state index in [1.54, 1.807) is 0 Å². The normalized spacial score (nSPS) is 36.2. The fraction of sp³-hybridized carbons (Fsp3) is 1.00. The van der Waals surface area contributed by atoms with Crippen LogP contribution >= 0.6 is 0 Å². The fourth-order valence-corrected chi connectivity index (χ4v) is 3.01. The zero-order valence-electron chi connectivity index (χ0n) is 10.7. The average Bonchev–Trinajstić information content (AvgIpc) is 2.33. The van der Waals surface area contributed by atoms with Crippen LogP contribution in [0.15, 0.2) is 0 Å². The average molecular weight is 225 g/mol. The molecule has 94 valence electrons. The predicted molar refractivity (Wildman–Crippen MR) is 67.6 cm³/mol. The maximum atomic E-state index is 5.48. The number of nitrogens with one attached hydrogen (secondary N) is 1. The number of rotatable bonds is 4. The molecule has 1 aliphatic heterocycles. The first-order chi connectivity index (χ1) is 7.84. The lowest BCUT2D eigenvalue weighted by atomic mass is 9.81. The highest BCUT2D eigenvalue weighted by Crippen LogP contribution is 2.29. The Morgan fingerprint density at radius 3 is 2.62 bits per heavy atom. The molecule has 2 rings (SSSR count). The second-order valence-corrected chi connectivity index (χ2v) is 5.78. The molecule has 0 aromatic carbocycles. The largest absolute Gasteiger partial charge is 0.380 e. The molecule has 0 amide bonds. The Bertz CT molecular complexity index is 181. The third kappa shape index (κ3) is 4.06. The minimum absolute atomic E-state index is 0.635. The van der Waals surface area contributed by atoms with Crippen LogP contribution in [0.3, 0.4) is 0 Å². The van der Waals surface area contributed by atoms with Crippen LogP contribution in [0.2, 0.25) is 0 Å². The summed E-state index contributed by atoms with van der Waals surface area (Å²) < 4.78 is 5.48. The lowest BCUT2D eigenvalue weighted by Crippen LogP contribution is -2.37. The van der Waals surface area contributed by atoms with E-state index in [0.717, 1.165) is 25.0 Å². The summed E-state index contributed by atoms with van der Waals surface area (Å²) in [5.74, 6) is 1.98. The molecule has 1 N–H and O–H groups in total. The molecular formula is C14H27NO. The summed E-state index contributed by atoms with van der Waals surface area (Å²) >= 11 is 0. The molecule has 1 heterocycles. The molecule has 0 radical (unpaired) electrons. The van der Waals surface area contributed by atoms with Gasteiger partial charge in [-0.15, -0.1) is 0 Å². The van der Waals surface area contributed by atoms with Gasteiger partial charge in [-0.05, 0) is 37.6 Å². The van der Waals surface area contributed by atoms with E-state index in [9.17, 15) is 0 Å². The number of ether oxygens (including phenoxy) is 1. The highest BCUT2D eigenvalue weighted by molar-refractivity contribution is 4.73. The first-order valence-corrected chi connectivity index (χ1v) is 7.15. The first-order valence-electron chi connectivity index (χ1n) is 7.15. The zero-order chi connectivity index (χ0) is 11.2. The summed E-state index contributed by atoms with van der Waals surface area (Å²) in [6, 6.07) is 0.635. The van der Waals surface area contributed by atoms with E-state index >= 15 is 0 Å². The van der Waals surface area contributed by atoms with Crippen LogP contribution in [0.5, 0.6) is 0 Å². The summed E-state index contributed by atoms with van der Waals surface area (Å²) in [7, 11) is 0. The minimum Gasteiger partial charge on any atom is -0.380 e. The molecule has 2 heteroatoms. The van der Waals surface area contributed by atoms with Crippen LogP contribution < -0.4 is 5.32 Å². The van der Waals surface area contributed by atoms with Crippen LogP contribution in [0.25, 0.3) is 0 Å². The van der Waals surface area contributed by atoms with Gasteiger partial charge in [-0.2, -0.15) is 0 Å². The Labute approximate surface area is 100 Å². The van der Waals surface area contributed by atoms with Gasteiger partial charge >= 0.3 is 0 Å². The second-order valence-electron chi connectivity index (χ2n) is 5.78. The van der Waals surface area contributed by atoms with Crippen molar-refractivity contribution in [3.05, 3.63) is 0 Å². The fourth-order valence-electron chi connectivity index (χ4n) is 3.01. The SMILES string of the molecule is CC1CCC(CCNC2CCCOC2)CC1. The molecule has 0 aromatic rings. The van der Waals surface area contributed by atoms with Crippen molar-refractivity contribution < 1.29 is 4.74 Å². The Morgan fingerprint density at radius 2 is 1.94 bits per heavy atom. The van der Waals surface area contributed by atoms with Gasteiger partial charge in [0.1, 0.15) is 0 Å². The molecule has 0 spiro atoms. The summed E-state index contributed by atoms with van der Waals surface area (Å²) in [4.78, 5) is 0. The highest BCUT2D eigenvalue weighted by Gasteiger charge is 2.18. The highest BCUT2D eigenvalue weighted by atomic mass is 16.5. The number of hydrogen-bond acceptors (Lipinski definition) is 2. The Balaban J connectivity index is 1.53. The second kappa shape index (κ2) is 6.61. The van der Waals surface area contributed by atoms with E-state index in [1.165, 1.54) is 51.5 Å². The van der Waals surface area contributed by atoms with E-state index in [-0.39, 0.29) is 0 Å². The molecule has 1 unspecified atom stereocenters. The van der Waals surface area contributed by atoms with Gasteiger partial charge in [0.05, 0.1) is 6.61 Å².